The zero-order valence-corrected chi connectivity index (χ0v) is 14.9. The van der Waals surface area contributed by atoms with Crippen LogP contribution in [0.2, 0.25) is 0 Å². The number of aliphatic hydroxyl groups excluding tert-OH is 1. The molecule has 0 amide bonds. The van der Waals surface area contributed by atoms with Crippen molar-refractivity contribution in [3.63, 3.8) is 0 Å². The predicted octanol–water partition coefficient (Wildman–Crippen LogP) is 3.44. The lowest BCUT2D eigenvalue weighted by Gasteiger charge is -2.64. The normalized spacial score (nSPS) is 61.1. The van der Waals surface area contributed by atoms with E-state index in [2.05, 4.69) is 33.4 Å². The Morgan fingerprint density at radius 3 is 2.57 bits per heavy atom. The van der Waals surface area contributed by atoms with Gasteiger partial charge in [-0.3, -0.25) is 0 Å². The second-order valence-electron chi connectivity index (χ2n) is 9.76. The Balaban J connectivity index is 1.77. The standard InChI is InChI=1S/C20H32O3/c1-5-16(2)9-10-20(22)18(4)8-6-7-17(3,13-21)14(18)11-15-19(20,12-16)23-15/h5,14-15,21-22H,1,6-13H2,2-4H3/t14-,15+,16+,17+,18+,19+,20-/m0/s1. The molecule has 1 saturated heterocycles. The van der Waals surface area contributed by atoms with Gasteiger partial charge in [0.15, 0.2) is 0 Å². The van der Waals surface area contributed by atoms with Crippen molar-refractivity contribution in [2.45, 2.75) is 83.0 Å². The Bertz CT molecular complexity index is 547. The van der Waals surface area contributed by atoms with E-state index in [4.69, 9.17) is 4.74 Å². The largest absolute Gasteiger partial charge is 0.396 e. The molecule has 4 fully saturated rings. The summed E-state index contributed by atoms with van der Waals surface area (Å²) in [6.07, 6.45) is 9.07. The molecule has 0 aromatic rings. The van der Waals surface area contributed by atoms with E-state index in [0.717, 1.165) is 44.9 Å². The van der Waals surface area contributed by atoms with Gasteiger partial charge in [0.05, 0.1) is 6.10 Å². The van der Waals surface area contributed by atoms with Gasteiger partial charge in [-0.05, 0) is 55.3 Å². The van der Waals surface area contributed by atoms with Crippen molar-refractivity contribution in [2.24, 2.45) is 22.2 Å². The van der Waals surface area contributed by atoms with Crippen molar-refractivity contribution in [1.82, 2.24) is 0 Å². The van der Waals surface area contributed by atoms with Gasteiger partial charge in [-0.1, -0.05) is 33.3 Å². The van der Waals surface area contributed by atoms with E-state index in [0.29, 0.717) is 5.92 Å². The lowest BCUT2D eigenvalue weighted by molar-refractivity contribution is -0.229. The topological polar surface area (TPSA) is 53.0 Å². The summed E-state index contributed by atoms with van der Waals surface area (Å²) >= 11 is 0. The number of hydrogen-bond acceptors (Lipinski definition) is 3. The van der Waals surface area contributed by atoms with E-state index in [-0.39, 0.29) is 34.6 Å². The fraction of sp³-hybridized carbons (Fsp3) is 0.900. The summed E-state index contributed by atoms with van der Waals surface area (Å²) in [5, 5.41) is 22.0. The van der Waals surface area contributed by atoms with Crippen molar-refractivity contribution in [1.29, 1.82) is 0 Å². The van der Waals surface area contributed by atoms with Crippen LogP contribution < -0.4 is 0 Å². The lowest BCUT2D eigenvalue weighted by atomic mass is 9.41. The Morgan fingerprint density at radius 2 is 1.91 bits per heavy atom. The van der Waals surface area contributed by atoms with Crippen LogP contribution in [0.15, 0.2) is 12.7 Å². The Labute approximate surface area is 140 Å². The summed E-state index contributed by atoms with van der Waals surface area (Å²) in [5.41, 5.74) is -1.29. The molecule has 3 heteroatoms. The maximum atomic E-state index is 12.0. The summed E-state index contributed by atoms with van der Waals surface area (Å²) in [5.74, 6) is 0.340. The van der Waals surface area contributed by atoms with E-state index in [1.54, 1.807) is 0 Å². The number of rotatable bonds is 2. The van der Waals surface area contributed by atoms with Crippen LogP contribution in [0.25, 0.3) is 0 Å². The molecule has 2 N–H and O–H groups in total. The summed E-state index contributed by atoms with van der Waals surface area (Å²) in [4.78, 5) is 0. The summed E-state index contributed by atoms with van der Waals surface area (Å²) < 4.78 is 6.29. The summed E-state index contributed by atoms with van der Waals surface area (Å²) in [7, 11) is 0. The smallest absolute Gasteiger partial charge is 0.125 e. The van der Waals surface area contributed by atoms with Gasteiger partial charge in [-0.2, -0.15) is 0 Å². The van der Waals surface area contributed by atoms with Gasteiger partial charge in [0, 0.05) is 12.0 Å². The molecule has 3 nitrogen and oxygen atoms in total. The summed E-state index contributed by atoms with van der Waals surface area (Å²) in [6, 6.07) is 0. The molecule has 1 spiro atoms. The van der Waals surface area contributed by atoms with Crippen LogP contribution in [-0.2, 0) is 4.74 Å². The average molecular weight is 320 g/mol. The van der Waals surface area contributed by atoms with Crippen LogP contribution in [-0.4, -0.2) is 34.1 Å². The second-order valence-corrected chi connectivity index (χ2v) is 9.76. The Morgan fingerprint density at radius 1 is 1.17 bits per heavy atom. The minimum atomic E-state index is -0.757. The number of hydrogen-bond donors (Lipinski definition) is 2. The summed E-state index contributed by atoms with van der Waals surface area (Å²) in [6.45, 7) is 11.0. The molecule has 0 aromatic heterocycles. The van der Waals surface area contributed by atoms with Crippen LogP contribution in [0.4, 0.5) is 0 Å². The van der Waals surface area contributed by atoms with Gasteiger partial charge in [0.1, 0.15) is 11.2 Å². The first-order valence-corrected chi connectivity index (χ1v) is 9.33. The van der Waals surface area contributed by atoms with Gasteiger partial charge < -0.3 is 14.9 Å². The minimum Gasteiger partial charge on any atom is -0.396 e. The molecular weight excluding hydrogens is 288 g/mol. The number of epoxide rings is 1. The third kappa shape index (κ3) is 1.72. The lowest BCUT2D eigenvalue weighted by Crippen LogP contribution is -2.70. The van der Waals surface area contributed by atoms with Gasteiger partial charge in [-0.25, -0.2) is 0 Å². The fourth-order valence-corrected chi connectivity index (χ4v) is 6.85. The molecule has 3 aliphatic carbocycles. The number of fused-ring (bicyclic) bond motifs is 2. The average Bonchev–Trinajstić information content (AvgIpc) is 3.21. The molecule has 4 aliphatic rings. The third-order valence-corrected chi connectivity index (χ3v) is 8.54. The molecule has 23 heavy (non-hydrogen) atoms. The molecule has 0 radical (unpaired) electrons. The highest BCUT2D eigenvalue weighted by molar-refractivity contribution is 5.31. The number of ether oxygens (including phenoxy) is 1. The third-order valence-electron chi connectivity index (χ3n) is 8.54. The first kappa shape index (κ1) is 16.1. The molecule has 1 heterocycles. The molecule has 0 aromatic carbocycles. The molecule has 0 unspecified atom stereocenters. The fourth-order valence-electron chi connectivity index (χ4n) is 6.85. The van der Waals surface area contributed by atoms with Crippen LogP contribution in [0.3, 0.4) is 0 Å². The molecule has 1 aliphatic heterocycles. The molecule has 7 atom stereocenters. The minimum absolute atomic E-state index is 0.0686. The highest BCUT2D eigenvalue weighted by atomic mass is 16.6. The maximum Gasteiger partial charge on any atom is 0.125 e. The van der Waals surface area contributed by atoms with E-state index >= 15 is 0 Å². The Kier molecular flexibility index (Phi) is 3.09. The van der Waals surface area contributed by atoms with Crippen LogP contribution in [0.1, 0.15) is 65.7 Å². The van der Waals surface area contributed by atoms with Crippen LogP contribution in [0, 0.1) is 22.2 Å². The number of aliphatic hydroxyl groups is 2. The van der Waals surface area contributed by atoms with Crippen LogP contribution >= 0.6 is 0 Å². The molecule has 130 valence electrons. The van der Waals surface area contributed by atoms with Gasteiger partial charge >= 0.3 is 0 Å². The predicted molar refractivity (Wildman–Crippen MR) is 90.0 cm³/mol. The van der Waals surface area contributed by atoms with E-state index in [1.165, 1.54) is 0 Å². The molecule has 3 saturated carbocycles. The zero-order valence-electron chi connectivity index (χ0n) is 14.9. The highest BCUT2D eigenvalue weighted by Gasteiger charge is 2.81. The van der Waals surface area contributed by atoms with E-state index < -0.39 is 5.60 Å². The molecular formula is C20H32O3. The van der Waals surface area contributed by atoms with Gasteiger partial charge in [0.2, 0.25) is 0 Å². The SMILES string of the molecule is C=C[C@]1(C)CC[C@]2(O)[C@]3(C)CCC[C@](C)(CO)[C@@H]3C[C@H]3O[C@]32C1. The van der Waals surface area contributed by atoms with Crippen molar-refractivity contribution >= 4 is 0 Å². The molecule has 4 rings (SSSR count). The quantitative estimate of drug-likeness (QED) is 0.605. The second kappa shape index (κ2) is 4.42. The first-order chi connectivity index (χ1) is 10.7. The van der Waals surface area contributed by atoms with Crippen molar-refractivity contribution < 1.29 is 14.9 Å². The van der Waals surface area contributed by atoms with E-state index in [1.807, 2.05) is 0 Å². The van der Waals surface area contributed by atoms with Gasteiger partial charge in [-0.15, -0.1) is 6.58 Å². The monoisotopic (exact) mass is 320 g/mol. The maximum absolute atomic E-state index is 12.0. The van der Waals surface area contributed by atoms with Crippen molar-refractivity contribution in [3.05, 3.63) is 12.7 Å². The van der Waals surface area contributed by atoms with Gasteiger partial charge in [0.25, 0.3) is 0 Å². The number of allylic oxidation sites excluding steroid dienone is 1. The molecule has 0 bridgehead atoms. The zero-order chi connectivity index (χ0) is 16.7. The first-order valence-electron chi connectivity index (χ1n) is 9.33. The highest BCUT2D eigenvalue weighted by Crippen LogP contribution is 2.74. The van der Waals surface area contributed by atoms with E-state index in [9.17, 15) is 10.2 Å². The van der Waals surface area contributed by atoms with Crippen molar-refractivity contribution in [3.8, 4) is 0 Å². The van der Waals surface area contributed by atoms with Crippen molar-refractivity contribution in [2.75, 3.05) is 6.61 Å². The Hall–Kier alpha value is -0.380. The van der Waals surface area contributed by atoms with Crippen LogP contribution in [0.5, 0.6) is 0 Å².